The summed E-state index contributed by atoms with van der Waals surface area (Å²) in [6.45, 7) is 7.87. The molecule has 4 aliphatic rings. The summed E-state index contributed by atoms with van der Waals surface area (Å²) in [5, 5.41) is 17.2. The van der Waals surface area contributed by atoms with Gasteiger partial charge in [0, 0.05) is 19.0 Å². The molecule has 0 heterocycles. The Bertz CT molecular complexity index is 907. The summed E-state index contributed by atoms with van der Waals surface area (Å²) in [7, 11) is 0. The van der Waals surface area contributed by atoms with Crippen molar-refractivity contribution in [1.29, 1.82) is 0 Å². The molecule has 4 aliphatic carbocycles. The molecule has 0 aromatic carbocycles. The molecule has 3 fully saturated rings. The van der Waals surface area contributed by atoms with Gasteiger partial charge in [-0.25, -0.2) is 4.79 Å². The number of likely N-dealkylation sites (N-methyl/N-ethyl adjacent to an activating group) is 1. The number of hydrogen-bond acceptors (Lipinski definition) is 5. The molecule has 37 heavy (non-hydrogen) atoms. The van der Waals surface area contributed by atoms with Gasteiger partial charge in [0.2, 0.25) is 0 Å². The molecule has 7 atom stereocenters. The van der Waals surface area contributed by atoms with Crippen LogP contribution in [0.1, 0.15) is 79.1 Å². The summed E-state index contributed by atoms with van der Waals surface area (Å²) in [5.74, 6) is 1.97. The molecule has 210 valence electrons. The average molecular weight is 528 g/mol. The quantitative estimate of drug-likeness (QED) is 0.142. The zero-order valence-corrected chi connectivity index (χ0v) is 22.7. The third kappa shape index (κ3) is 5.72. The second-order valence-electron chi connectivity index (χ2n) is 12.3. The Kier molecular flexibility index (Phi) is 8.34. The first kappa shape index (κ1) is 28.4. The van der Waals surface area contributed by atoms with Crippen LogP contribution in [0, 0.1) is 34.5 Å². The highest BCUT2D eigenvalue weighted by atomic mass is 19.4. The lowest BCUT2D eigenvalue weighted by Gasteiger charge is -2.58. The van der Waals surface area contributed by atoms with E-state index in [2.05, 4.69) is 30.4 Å². The molecule has 0 aromatic rings. The monoisotopic (exact) mass is 527 g/mol. The summed E-state index contributed by atoms with van der Waals surface area (Å²) in [6.07, 6.45) is 4.61. The number of carbonyl (C=O) groups excluding carboxylic acids is 1. The molecular formula is C28H44F3N3O3. The van der Waals surface area contributed by atoms with Crippen LogP contribution in [0.15, 0.2) is 16.8 Å². The fourth-order valence-electron chi connectivity index (χ4n) is 8.47. The molecule has 0 saturated heterocycles. The number of nitrogens with zero attached hydrogens (tertiary/aromatic N) is 2. The van der Waals surface area contributed by atoms with Gasteiger partial charge in [0.05, 0.1) is 11.8 Å². The number of amides is 1. The van der Waals surface area contributed by atoms with Gasteiger partial charge in [-0.05, 0) is 93.4 Å². The van der Waals surface area contributed by atoms with Crippen molar-refractivity contribution in [3.05, 3.63) is 11.6 Å². The second-order valence-corrected chi connectivity index (χ2v) is 12.3. The fourth-order valence-corrected chi connectivity index (χ4v) is 8.47. The van der Waals surface area contributed by atoms with Gasteiger partial charge in [0.1, 0.15) is 6.54 Å². The first-order chi connectivity index (χ1) is 17.4. The maximum Gasteiger partial charge on any atom is 0.436 e. The van der Waals surface area contributed by atoms with Gasteiger partial charge < -0.3 is 10.4 Å². The van der Waals surface area contributed by atoms with E-state index in [4.69, 9.17) is 4.84 Å². The van der Waals surface area contributed by atoms with E-state index in [0.717, 1.165) is 51.4 Å². The van der Waals surface area contributed by atoms with Crippen LogP contribution >= 0.6 is 0 Å². The minimum atomic E-state index is -4.50. The van der Waals surface area contributed by atoms with Crippen LogP contribution in [-0.2, 0) is 4.84 Å². The van der Waals surface area contributed by atoms with Gasteiger partial charge in [-0.2, -0.15) is 13.2 Å². The van der Waals surface area contributed by atoms with E-state index < -0.39 is 18.8 Å². The zero-order chi connectivity index (χ0) is 27.0. The highest BCUT2D eigenvalue weighted by molar-refractivity contribution is 5.85. The predicted molar refractivity (Wildman–Crippen MR) is 137 cm³/mol. The van der Waals surface area contributed by atoms with E-state index in [1.54, 1.807) is 0 Å². The number of oxime groups is 1. The maximum atomic E-state index is 13.0. The zero-order valence-electron chi connectivity index (χ0n) is 22.7. The number of alkyl halides is 3. The number of carbonyl (C=O) groups is 1. The predicted octanol–water partition coefficient (Wildman–Crippen LogP) is 5.91. The van der Waals surface area contributed by atoms with E-state index in [-0.39, 0.29) is 35.9 Å². The number of rotatable bonds is 7. The Morgan fingerprint density at radius 2 is 1.95 bits per heavy atom. The fraction of sp³-hybridized carbons (Fsp3) is 0.857. The molecule has 4 rings (SSSR count). The van der Waals surface area contributed by atoms with Crippen LogP contribution in [0.25, 0.3) is 0 Å². The summed E-state index contributed by atoms with van der Waals surface area (Å²) in [5.41, 5.74) is 2.38. The van der Waals surface area contributed by atoms with Crippen LogP contribution in [0.4, 0.5) is 18.0 Å². The van der Waals surface area contributed by atoms with Crippen molar-refractivity contribution in [3.8, 4) is 0 Å². The Labute approximate surface area is 219 Å². The lowest BCUT2D eigenvalue weighted by Crippen LogP contribution is -2.51. The van der Waals surface area contributed by atoms with Gasteiger partial charge in [0.25, 0.3) is 0 Å². The van der Waals surface area contributed by atoms with E-state index in [9.17, 15) is 23.1 Å². The smallest absolute Gasteiger partial charge is 0.389 e. The summed E-state index contributed by atoms with van der Waals surface area (Å²) in [4.78, 5) is 18.3. The number of aliphatic hydroxyl groups excluding tert-OH is 1. The summed E-state index contributed by atoms with van der Waals surface area (Å²) >= 11 is 0. The van der Waals surface area contributed by atoms with Crippen molar-refractivity contribution in [3.63, 3.8) is 0 Å². The number of allylic oxidation sites excluding steroid dienone is 1. The third-order valence-electron chi connectivity index (χ3n) is 10.3. The van der Waals surface area contributed by atoms with Crippen molar-refractivity contribution < 1.29 is 27.9 Å². The van der Waals surface area contributed by atoms with Gasteiger partial charge >= 0.3 is 12.3 Å². The van der Waals surface area contributed by atoms with Crippen LogP contribution in [0.2, 0.25) is 0 Å². The molecule has 0 aliphatic heterocycles. The highest BCUT2D eigenvalue weighted by Crippen LogP contribution is 2.66. The number of nitrogens with one attached hydrogen (secondary N) is 1. The van der Waals surface area contributed by atoms with E-state index in [1.165, 1.54) is 5.57 Å². The van der Waals surface area contributed by atoms with Crippen LogP contribution in [0.3, 0.4) is 0 Å². The topological polar surface area (TPSA) is 74.2 Å². The van der Waals surface area contributed by atoms with Crippen molar-refractivity contribution in [2.45, 2.75) is 91.3 Å². The van der Waals surface area contributed by atoms with Gasteiger partial charge in [-0.3, -0.25) is 9.74 Å². The summed E-state index contributed by atoms with van der Waals surface area (Å²) < 4.78 is 39.1. The van der Waals surface area contributed by atoms with Crippen molar-refractivity contribution >= 4 is 11.8 Å². The lowest BCUT2D eigenvalue weighted by molar-refractivity contribution is -0.142. The normalized spacial score (nSPS) is 37.8. The lowest BCUT2D eigenvalue weighted by atomic mass is 9.46. The number of halogens is 3. The SMILES string of the molecule is CCNCCN(CC(F)(F)F)C(=O)O/N=C(\C)[C@H]1CC[C@H]2[C@@H]3CCC4=C[C@@H](O)CC[C@]4(C)[C@H]3CC[C@]12C. The molecule has 2 N–H and O–H groups in total. The molecule has 1 amide bonds. The van der Waals surface area contributed by atoms with Crippen molar-refractivity contribution in [1.82, 2.24) is 10.2 Å². The highest BCUT2D eigenvalue weighted by Gasteiger charge is 2.59. The number of aliphatic hydroxyl groups is 1. The first-order valence-corrected chi connectivity index (χ1v) is 14.1. The molecule has 0 aromatic heterocycles. The van der Waals surface area contributed by atoms with Gasteiger partial charge in [0.15, 0.2) is 0 Å². The Hall–Kier alpha value is -1.61. The maximum absolute atomic E-state index is 13.0. The van der Waals surface area contributed by atoms with E-state index >= 15 is 0 Å². The molecule has 0 spiro atoms. The van der Waals surface area contributed by atoms with Gasteiger partial charge in [-0.15, -0.1) is 0 Å². The Balaban J connectivity index is 1.44. The minimum Gasteiger partial charge on any atom is -0.389 e. The minimum absolute atomic E-state index is 0.0453. The number of fused-ring (bicyclic) bond motifs is 5. The first-order valence-electron chi connectivity index (χ1n) is 14.1. The molecule has 3 saturated carbocycles. The van der Waals surface area contributed by atoms with E-state index in [1.807, 2.05) is 13.8 Å². The summed E-state index contributed by atoms with van der Waals surface area (Å²) in [6, 6.07) is 0. The van der Waals surface area contributed by atoms with Crippen molar-refractivity contribution in [2.75, 3.05) is 26.2 Å². The molecule has 0 unspecified atom stereocenters. The average Bonchev–Trinajstić information content (AvgIpc) is 3.19. The molecule has 6 nitrogen and oxygen atoms in total. The van der Waals surface area contributed by atoms with Crippen LogP contribution in [-0.4, -0.2) is 60.3 Å². The second kappa shape index (κ2) is 10.9. The Morgan fingerprint density at radius 1 is 1.19 bits per heavy atom. The van der Waals surface area contributed by atoms with Crippen molar-refractivity contribution in [2.24, 2.45) is 39.7 Å². The molecule has 0 bridgehead atoms. The largest absolute Gasteiger partial charge is 0.436 e. The molecule has 0 radical (unpaired) electrons. The standard InChI is InChI=1S/C28H44F3N3O3/c1-5-32-14-15-34(17-28(29,30)31)25(36)37-33-18(2)22-8-9-23-21-7-6-19-16-20(35)10-12-26(19,3)24(21)11-13-27(22,23)4/h16,20-24,32,35H,5-15,17H2,1-4H3/b33-18+/t20-,21-,22+,23-,24-,26-,27+/m0/s1. The Morgan fingerprint density at radius 3 is 2.65 bits per heavy atom. The molecule has 9 heteroatoms. The van der Waals surface area contributed by atoms with Crippen LogP contribution < -0.4 is 5.32 Å². The number of hydrogen-bond donors (Lipinski definition) is 2. The van der Waals surface area contributed by atoms with Crippen LogP contribution in [0.5, 0.6) is 0 Å². The van der Waals surface area contributed by atoms with Gasteiger partial charge in [-0.1, -0.05) is 37.6 Å². The van der Waals surface area contributed by atoms with E-state index in [0.29, 0.717) is 34.9 Å². The molecular weight excluding hydrogens is 483 g/mol. The third-order valence-corrected chi connectivity index (χ3v) is 10.3.